The number of hydrogen-bond acceptors (Lipinski definition) is 2. The van der Waals surface area contributed by atoms with Gasteiger partial charge in [0.2, 0.25) is 0 Å². The van der Waals surface area contributed by atoms with Gasteiger partial charge in [0.05, 0.1) is 13.6 Å². The Morgan fingerprint density at radius 1 is 1.22 bits per heavy atom. The van der Waals surface area contributed by atoms with Gasteiger partial charge < -0.3 is 5.32 Å². The molecule has 1 unspecified atom stereocenters. The third-order valence-electron chi connectivity index (χ3n) is 2.73. The van der Waals surface area contributed by atoms with Gasteiger partial charge in [-0.25, -0.2) is 0 Å². The van der Waals surface area contributed by atoms with Crippen LogP contribution in [0.2, 0.25) is 0 Å². The topological polar surface area (TPSA) is 12.0 Å². The monoisotopic (exact) mass is 387 g/mol. The fraction of sp³-hybridized carbons (Fsp3) is 0.286. The molecule has 0 amide bonds. The van der Waals surface area contributed by atoms with Gasteiger partial charge in [-0.2, -0.15) is 0 Å². The molecule has 0 aliphatic carbocycles. The lowest BCUT2D eigenvalue weighted by molar-refractivity contribution is 0.598. The Hall–Kier alpha value is -0.160. The molecule has 0 radical (unpaired) electrons. The summed E-state index contributed by atoms with van der Waals surface area (Å²) in [6.07, 6.45) is 1.13. The van der Waals surface area contributed by atoms with Gasteiger partial charge in [0.1, 0.15) is 0 Å². The van der Waals surface area contributed by atoms with E-state index in [2.05, 4.69) is 80.5 Å². The highest BCUT2D eigenvalue weighted by atomic mass is 79.9. The van der Waals surface area contributed by atoms with Crippen LogP contribution < -0.4 is 5.32 Å². The molecule has 2 rings (SSSR count). The predicted octanol–water partition coefficient (Wildman–Crippen LogP) is 5.36. The highest BCUT2D eigenvalue weighted by Gasteiger charge is 2.18. The molecule has 0 aliphatic heterocycles. The van der Waals surface area contributed by atoms with E-state index in [1.54, 1.807) is 11.3 Å². The lowest BCUT2D eigenvalue weighted by Crippen LogP contribution is -2.22. The van der Waals surface area contributed by atoms with E-state index in [9.17, 15) is 0 Å². The molecule has 0 saturated carbocycles. The van der Waals surface area contributed by atoms with Crippen molar-refractivity contribution in [3.8, 4) is 0 Å². The first-order valence-electron chi connectivity index (χ1n) is 5.95. The average Bonchev–Trinajstić information content (AvgIpc) is 2.70. The molecule has 0 aliphatic rings. The smallest absolute Gasteiger partial charge is 0.0761 e. The van der Waals surface area contributed by atoms with Crippen molar-refractivity contribution < 1.29 is 0 Å². The maximum Gasteiger partial charge on any atom is 0.0761 e. The van der Waals surface area contributed by atoms with Gasteiger partial charge in [-0.05, 0) is 62.0 Å². The average molecular weight is 389 g/mol. The van der Waals surface area contributed by atoms with Gasteiger partial charge >= 0.3 is 0 Å². The lowest BCUT2D eigenvalue weighted by atomic mass is 10.0. The molecule has 1 atom stereocenters. The first-order valence-corrected chi connectivity index (χ1v) is 8.35. The number of thiophene rings is 1. The van der Waals surface area contributed by atoms with Crippen LogP contribution in [0.25, 0.3) is 0 Å². The fourth-order valence-corrected chi connectivity index (χ4v) is 4.79. The summed E-state index contributed by atoms with van der Waals surface area (Å²) in [7, 11) is 0. The third kappa shape index (κ3) is 3.44. The van der Waals surface area contributed by atoms with Crippen LogP contribution in [0.1, 0.15) is 30.5 Å². The molecule has 0 spiro atoms. The minimum Gasteiger partial charge on any atom is -0.306 e. The van der Waals surface area contributed by atoms with Crippen molar-refractivity contribution in [1.82, 2.24) is 5.32 Å². The fourth-order valence-electron chi connectivity index (χ4n) is 1.89. The van der Waals surface area contributed by atoms with Crippen LogP contribution in [-0.2, 0) is 0 Å². The van der Waals surface area contributed by atoms with Gasteiger partial charge in [0.15, 0.2) is 0 Å². The number of halogens is 2. The van der Waals surface area contributed by atoms with Crippen molar-refractivity contribution in [2.45, 2.75) is 19.4 Å². The molecule has 2 aromatic rings. The molecule has 1 N–H and O–H groups in total. The highest BCUT2D eigenvalue weighted by molar-refractivity contribution is 9.12. The number of hydrogen-bond donors (Lipinski definition) is 1. The van der Waals surface area contributed by atoms with E-state index < -0.39 is 0 Å². The minimum atomic E-state index is 0.253. The van der Waals surface area contributed by atoms with E-state index in [0.717, 1.165) is 16.8 Å². The third-order valence-corrected chi connectivity index (χ3v) is 5.11. The SMILES string of the molecule is CCCNC(c1ccccc1)c1cc(Br)sc1Br. The Balaban J connectivity index is 2.34. The Bertz CT molecular complexity index is 496. The summed E-state index contributed by atoms with van der Waals surface area (Å²) in [5.41, 5.74) is 2.60. The van der Waals surface area contributed by atoms with E-state index in [4.69, 9.17) is 0 Å². The molecular formula is C14H15Br2NS. The summed E-state index contributed by atoms with van der Waals surface area (Å²) in [6.45, 7) is 3.20. The highest BCUT2D eigenvalue weighted by Crippen LogP contribution is 2.37. The van der Waals surface area contributed by atoms with Crippen LogP contribution in [0.5, 0.6) is 0 Å². The molecule has 0 fully saturated rings. The van der Waals surface area contributed by atoms with E-state index in [-0.39, 0.29) is 6.04 Å². The molecule has 96 valence electrons. The summed E-state index contributed by atoms with van der Waals surface area (Å²) in [5.74, 6) is 0. The zero-order valence-corrected chi connectivity index (χ0v) is 14.1. The van der Waals surface area contributed by atoms with Gasteiger partial charge in [0.25, 0.3) is 0 Å². The largest absolute Gasteiger partial charge is 0.306 e. The van der Waals surface area contributed by atoms with E-state index in [1.807, 2.05) is 0 Å². The molecular weight excluding hydrogens is 374 g/mol. The van der Waals surface area contributed by atoms with Crippen molar-refractivity contribution in [3.63, 3.8) is 0 Å². The summed E-state index contributed by atoms with van der Waals surface area (Å²) in [6, 6.07) is 13.0. The Morgan fingerprint density at radius 3 is 2.50 bits per heavy atom. The Morgan fingerprint density at radius 2 is 1.94 bits per heavy atom. The summed E-state index contributed by atoms with van der Waals surface area (Å²) < 4.78 is 2.34. The van der Waals surface area contributed by atoms with Crippen LogP contribution in [-0.4, -0.2) is 6.54 Å². The Kier molecular flexibility index (Phi) is 5.42. The molecule has 0 bridgehead atoms. The van der Waals surface area contributed by atoms with Crippen LogP contribution >= 0.6 is 43.2 Å². The second-order valence-electron chi connectivity index (χ2n) is 4.08. The van der Waals surface area contributed by atoms with Crippen molar-refractivity contribution >= 4 is 43.2 Å². The first kappa shape index (κ1) is 14.3. The van der Waals surface area contributed by atoms with Crippen molar-refractivity contribution in [2.24, 2.45) is 0 Å². The molecule has 4 heteroatoms. The van der Waals surface area contributed by atoms with Crippen molar-refractivity contribution in [3.05, 3.63) is 55.1 Å². The quantitative estimate of drug-likeness (QED) is 0.726. The zero-order valence-electron chi connectivity index (χ0n) is 10.1. The van der Waals surface area contributed by atoms with Gasteiger partial charge in [-0.1, -0.05) is 37.3 Å². The normalized spacial score (nSPS) is 12.6. The van der Waals surface area contributed by atoms with Crippen molar-refractivity contribution in [2.75, 3.05) is 6.54 Å². The van der Waals surface area contributed by atoms with E-state index >= 15 is 0 Å². The van der Waals surface area contributed by atoms with Crippen LogP contribution in [0, 0.1) is 0 Å². The predicted molar refractivity (Wildman–Crippen MR) is 86.3 cm³/mol. The zero-order chi connectivity index (χ0) is 13.0. The summed E-state index contributed by atoms with van der Waals surface area (Å²) >= 11 is 8.93. The first-order chi connectivity index (χ1) is 8.72. The molecule has 1 aromatic heterocycles. The second-order valence-corrected chi connectivity index (χ2v) is 7.83. The molecule has 1 nitrogen and oxygen atoms in total. The maximum absolute atomic E-state index is 3.66. The molecule has 1 aromatic carbocycles. The Labute approximate surface area is 129 Å². The standard InChI is InChI=1S/C14H15Br2NS/c1-2-8-17-13(10-6-4-3-5-7-10)11-9-12(15)18-14(11)16/h3-7,9,13,17H,2,8H2,1H3. The molecule has 1 heterocycles. The number of nitrogens with one attached hydrogen (secondary N) is 1. The molecule has 18 heavy (non-hydrogen) atoms. The van der Waals surface area contributed by atoms with Crippen LogP contribution in [0.3, 0.4) is 0 Å². The summed E-state index contributed by atoms with van der Waals surface area (Å²) in [5, 5.41) is 3.61. The summed E-state index contributed by atoms with van der Waals surface area (Å²) in [4.78, 5) is 0. The lowest BCUT2D eigenvalue weighted by Gasteiger charge is -2.18. The molecule has 0 saturated heterocycles. The van der Waals surface area contributed by atoms with Crippen LogP contribution in [0.4, 0.5) is 0 Å². The number of rotatable bonds is 5. The van der Waals surface area contributed by atoms with Gasteiger partial charge in [0, 0.05) is 0 Å². The second kappa shape index (κ2) is 6.85. The van der Waals surface area contributed by atoms with Crippen LogP contribution in [0.15, 0.2) is 44.0 Å². The van der Waals surface area contributed by atoms with E-state index in [1.165, 1.54) is 14.9 Å². The maximum atomic E-state index is 3.66. The van der Waals surface area contributed by atoms with E-state index in [0.29, 0.717) is 0 Å². The minimum absolute atomic E-state index is 0.253. The van der Waals surface area contributed by atoms with Gasteiger partial charge in [-0.15, -0.1) is 11.3 Å². The van der Waals surface area contributed by atoms with Crippen molar-refractivity contribution in [1.29, 1.82) is 0 Å². The number of benzene rings is 1. The van der Waals surface area contributed by atoms with Gasteiger partial charge in [-0.3, -0.25) is 0 Å².